The van der Waals surface area contributed by atoms with Crippen molar-refractivity contribution in [2.24, 2.45) is 0 Å². The van der Waals surface area contributed by atoms with Crippen LogP contribution < -0.4 is 0 Å². The van der Waals surface area contributed by atoms with E-state index in [9.17, 15) is 0 Å². The van der Waals surface area contributed by atoms with Gasteiger partial charge in [-0.1, -0.05) is 24.1 Å². The predicted octanol–water partition coefficient (Wildman–Crippen LogP) is 3.38. The van der Waals surface area contributed by atoms with Crippen molar-refractivity contribution < 1.29 is 0 Å². The number of nitrogens with zero attached hydrogens (tertiary/aromatic N) is 2. The van der Waals surface area contributed by atoms with Crippen molar-refractivity contribution in [3.05, 3.63) is 35.1 Å². The van der Waals surface area contributed by atoms with Crippen molar-refractivity contribution >= 4 is 17.2 Å². The molecule has 0 radical (unpaired) electrons. The van der Waals surface area contributed by atoms with Gasteiger partial charge >= 0.3 is 0 Å². The maximum absolute atomic E-state index is 6.23. The summed E-state index contributed by atoms with van der Waals surface area (Å²) in [5, 5.41) is 0.779. The lowest BCUT2D eigenvalue weighted by atomic mass is 9.84. The fourth-order valence-electron chi connectivity index (χ4n) is 3.04. The third kappa shape index (κ3) is 2.00. The van der Waals surface area contributed by atoms with E-state index in [4.69, 9.17) is 11.6 Å². The lowest BCUT2D eigenvalue weighted by Crippen LogP contribution is -2.45. The average molecular weight is 249 g/mol. The lowest BCUT2D eigenvalue weighted by Gasteiger charge is -2.42. The van der Waals surface area contributed by atoms with Crippen LogP contribution in [0.15, 0.2) is 24.4 Å². The number of pyridine rings is 1. The summed E-state index contributed by atoms with van der Waals surface area (Å²) in [7, 11) is 2.24. The predicted molar refractivity (Wildman–Crippen MR) is 71.0 cm³/mol. The second-order valence-corrected chi connectivity index (χ2v) is 5.45. The van der Waals surface area contributed by atoms with E-state index in [1.807, 2.05) is 18.3 Å². The van der Waals surface area contributed by atoms with Gasteiger partial charge in [0.1, 0.15) is 0 Å². The fraction of sp³-hybridized carbons (Fsp3) is 0.500. The Balaban J connectivity index is 1.97. The average Bonchev–Trinajstić information content (AvgIpc) is 2.29. The van der Waals surface area contributed by atoms with E-state index >= 15 is 0 Å². The number of rotatable bonds is 1. The fourth-order valence-corrected chi connectivity index (χ4v) is 3.28. The molecule has 1 fully saturated rings. The molecule has 17 heavy (non-hydrogen) atoms. The number of hydrogen-bond donors (Lipinski definition) is 0. The molecule has 0 saturated carbocycles. The molecule has 3 rings (SSSR count). The number of piperidine rings is 1. The van der Waals surface area contributed by atoms with Gasteiger partial charge in [-0.25, -0.2) is 0 Å². The maximum atomic E-state index is 6.23. The molecule has 3 heteroatoms. The standard InChI is InChI=1S/C14H17ClN2/c1-17-11-4-2-5-12(17)9-10(8-11)14-13(15)6-3-7-16-14/h3,6-8,11-12H,2,4-5,9H2,1H3. The Kier molecular flexibility index (Phi) is 2.93. The van der Waals surface area contributed by atoms with Crippen LogP contribution in [0.5, 0.6) is 0 Å². The van der Waals surface area contributed by atoms with Crippen LogP contribution in [0.2, 0.25) is 5.02 Å². The zero-order valence-electron chi connectivity index (χ0n) is 10.1. The molecule has 90 valence electrons. The van der Waals surface area contributed by atoms with Crippen molar-refractivity contribution in [3.63, 3.8) is 0 Å². The van der Waals surface area contributed by atoms with Gasteiger partial charge in [-0.2, -0.15) is 0 Å². The first kappa shape index (κ1) is 11.2. The highest BCUT2D eigenvalue weighted by Gasteiger charge is 2.32. The lowest BCUT2D eigenvalue weighted by molar-refractivity contribution is 0.137. The molecule has 2 aliphatic heterocycles. The molecule has 0 aliphatic carbocycles. The van der Waals surface area contributed by atoms with Crippen LogP contribution >= 0.6 is 11.6 Å². The Bertz CT molecular complexity index is 455. The molecule has 0 aromatic carbocycles. The Morgan fingerprint density at radius 1 is 1.41 bits per heavy atom. The molecule has 1 aromatic rings. The van der Waals surface area contributed by atoms with E-state index in [1.54, 1.807) is 0 Å². The SMILES string of the molecule is CN1C2C=C(c3ncccc3Cl)CC1CCC2. The molecule has 2 atom stereocenters. The normalized spacial score (nSPS) is 28.9. The first-order valence-corrected chi connectivity index (χ1v) is 6.67. The highest BCUT2D eigenvalue weighted by atomic mass is 35.5. The second-order valence-electron chi connectivity index (χ2n) is 5.05. The van der Waals surface area contributed by atoms with Gasteiger partial charge in [0.2, 0.25) is 0 Å². The molecule has 2 aliphatic rings. The van der Waals surface area contributed by atoms with Crippen molar-refractivity contribution in [2.75, 3.05) is 7.05 Å². The van der Waals surface area contributed by atoms with Crippen molar-refractivity contribution in [1.29, 1.82) is 0 Å². The Morgan fingerprint density at radius 3 is 3.06 bits per heavy atom. The van der Waals surface area contributed by atoms with Crippen molar-refractivity contribution in [2.45, 2.75) is 37.8 Å². The number of likely N-dealkylation sites (N-methyl/N-ethyl adjacent to an activating group) is 1. The quantitative estimate of drug-likeness (QED) is 0.758. The summed E-state index contributed by atoms with van der Waals surface area (Å²) in [5.74, 6) is 0. The number of aromatic nitrogens is 1. The van der Waals surface area contributed by atoms with Crippen LogP contribution in [0.25, 0.3) is 5.57 Å². The van der Waals surface area contributed by atoms with Crippen LogP contribution in [0.1, 0.15) is 31.4 Å². The molecule has 1 saturated heterocycles. The molecular weight excluding hydrogens is 232 g/mol. The number of fused-ring (bicyclic) bond motifs is 2. The minimum atomic E-state index is 0.579. The van der Waals surface area contributed by atoms with Crippen LogP contribution in [0.3, 0.4) is 0 Å². The summed E-state index contributed by atoms with van der Waals surface area (Å²) in [5.41, 5.74) is 2.32. The minimum absolute atomic E-state index is 0.579. The van der Waals surface area contributed by atoms with Gasteiger partial charge < -0.3 is 0 Å². The molecular formula is C14H17ClN2. The van der Waals surface area contributed by atoms with Gasteiger partial charge in [0.15, 0.2) is 0 Å². The highest BCUT2D eigenvalue weighted by molar-refractivity contribution is 6.32. The van der Waals surface area contributed by atoms with Gasteiger partial charge in [-0.3, -0.25) is 9.88 Å². The van der Waals surface area contributed by atoms with Crippen molar-refractivity contribution in [3.8, 4) is 0 Å². The van der Waals surface area contributed by atoms with Crippen LogP contribution in [-0.2, 0) is 0 Å². The monoisotopic (exact) mass is 248 g/mol. The third-order valence-electron chi connectivity index (χ3n) is 4.05. The van der Waals surface area contributed by atoms with Crippen molar-refractivity contribution in [1.82, 2.24) is 9.88 Å². The van der Waals surface area contributed by atoms with Crippen LogP contribution in [0, 0.1) is 0 Å². The Hall–Kier alpha value is -0.860. The highest BCUT2D eigenvalue weighted by Crippen LogP contribution is 2.36. The summed E-state index contributed by atoms with van der Waals surface area (Å²) < 4.78 is 0. The van der Waals surface area contributed by atoms with E-state index in [0.717, 1.165) is 17.1 Å². The summed E-state index contributed by atoms with van der Waals surface area (Å²) in [4.78, 5) is 6.94. The van der Waals surface area contributed by atoms with Gasteiger partial charge in [0.25, 0.3) is 0 Å². The summed E-state index contributed by atoms with van der Waals surface area (Å²) in [6.07, 6.45) is 9.19. The van der Waals surface area contributed by atoms with Crippen LogP contribution in [0.4, 0.5) is 0 Å². The third-order valence-corrected chi connectivity index (χ3v) is 4.35. The minimum Gasteiger partial charge on any atom is -0.297 e. The van der Waals surface area contributed by atoms with Gasteiger partial charge in [0, 0.05) is 18.3 Å². The summed E-state index contributed by atoms with van der Waals surface area (Å²) >= 11 is 6.23. The summed E-state index contributed by atoms with van der Waals surface area (Å²) in [6.45, 7) is 0. The Morgan fingerprint density at radius 2 is 2.29 bits per heavy atom. The van der Waals surface area contributed by atoms with E-state index < -0.39 is 0 Å². The van der Waals surface area contributed by atoms with Gasteiger partial charge in [-0.05, 0) is 44.0 Å². The topological polar surface area (TPSA) is 16.1 Å². The molecule has 0 amide bonds. The molecule has 2 bridgehead atoms. The van der Waals surface area contributed by atoms with E-state index in [2.05, 4.69) is 23.0 Å². The van der Waals surface area contributed by atoms with E-state index in [0.29, 0.717) is 12.1 Å². The van der Waals surface area contributed by atoms with E-state index in [1.165, 1.54) is 24.8 Å². The van der Waals surface area contributed by atoms with Crippen LogP contribution in [-0.4, -0.2) is 29.0 Å². The largest absolute Gasteiger partial charge is 0.297 e. The number of halogens is 1. The second kappa shape index (κ2) is 4.43. The molecule has 0 spiro atoms. The van der Waals surface area contributed by atoms with E-state index in [-0.39, 0.29) is 0 Å². The molecule has 3 heterocycles. The first-order chi connectivity index (χ1) is 8.25. The molecule has 0 N–H and O–H groups in total. The smallest absolute Gasteiger partial charge is 0.0845 e. The number of hydrogen-bond acceptors (Lipinski definition) is 2. The molecule has 1 aromatic heterocycles. The zero-order chi connectivity index (χ0) is 11.8. The maximum Gasteiger partial charge on any atom is 0.0845 e. The van der Waals surface area contributed by atoms with Gasteiger partial charge in [-0.15, -0.1) is 0 Å². The Labute approximate surface area is 107 Å². The van der Waals surface area contributed by atoms with Gasteiger partial charge in [0.05, 0.1) is 10.7 Å². The first-order valence-electron chi connectivity index (χ1n) is 6.29. The molecule has 2 nitrogen and oxygen atoms in total. The molecule has 2 unspecified atom stereocenters. The zero-order valence-corrected chi connectivity index (χ0v) is 10.8. The summed E-state index contributed by atoms with van der Waals surface area (Å²) in [6, 6.07) is 5.07.